The number of rotatable bonds is 12. The van der Waals surface area contributed by atoms with E-state index in [1.807, 2.05) is 41.3 Å². The van der Waals surface area contributed by atoms with Crippen molar-refractivity contribution in [3.05, 3.63) is 103 Å². The second-order valence-corrected chi connectivity index (χ2v) is 17.4. The van der Waals surface area contributed by atoms with Gasteiger partial charge in [0.05, 0.1) is 23.0 Å². The van der Waals surface area contributed by atoms with Gasteiger partial charge in [0.15, 0.2) is 5.82 Å². The molecule has 312 valence electrons. The third kappa shape index (κ3) is 9.03. The molecule has 3 aromatic heterocycles. The Hall–Kier alpha value is -6.16. The summed E-state index contributed by atoms with van der Waals surface area (Å²) in [6.07, 6.45) is 10.8. The number of sulfonamides is 1. The number of pyridine rings is 2. The van der Waals surface area contributed by atoms with Gasteiger partial charge >= 0.3 is 0 Å². The van der Waals surface area contributed by atoms with Crippen LogP contribution in [0.3, 0.4) is 0 Å². The molecular formula is C44H47FN8O6S. The van der Waals surface area contributed by atoms with Gasteiger partial charge in [0, 0.05) is 92.8 Å². The van der Waals surface area contributed by atoms with E-state index in [2.05, 4.69) is 24.9 Å². The summed E-state index contributed by atoms with van der Waals surface area (Å²) >= 11 is 0. The van der Waals surface area contributed by atoms with Gasteiger partial charge in [-0.05, 0) is 79.8 Å². The predicted octanol–water partition coefficient (Wildman–Crippen LogP) is 6.09. The average molecular weight is 835 g/mol. The zero-order valence-corrected chi connectivity index (χ0v) is 34.1. The fourth-order valence-electron chi connectivity index (χ4n) is 8.21. The lowest BCUT2D eigenvalue weighted by Crippen LogP contribution is -2.47. The van der Waals surface area contributed by atoms with E-state index in [1.165, 1.54) is 6.07 Å². The Balaban J connectivity index is 0.861. The number of nitrogens with zero attached hydrogens (tertiary/aromatic N) is 6. The number of nitrogens with one attached hydrogen (secondary N) is 2. The number of ether oxygens (including phenoxy) is 1. The van der Waals surface area contributed by atoms with E-state index in [-0.39, 0.29) is 52.7 Å². The lowest BCUT2D eigenvalue weighted by atomic mass is 9.91. The van der Waals surface area contributed by atoms with Crippen LogP contribution in [0.5, 0.6) is 5.75 Å². The number of halogens is 1. The number of imide groups is 1. The summed E-state index contributed by atoms with van der Waals surface area (Å²) in [5.74, 6) is -0.0445. The Labute approximate surface area is 348 Å². The maximum atomic E-state index is 16.0. The molecule has 2 aromatic carbocycles. The summed E-state index contributed by atoms with van der Waals surface area (Å²) in [5, 5.41) is 7.24. The van der Waals surface area contributed by atoms with E-state index < -0.39 is 15.8 Å². The summed E-state index contributed by atoms with van der Waals surface area (Å²) in [4.78, 5) is 50.2. The Morgan fingerprint density at radius 2 is 1.67 bits per heavy atom. The molecule has 16 heteroatoms. The van der Waals surface area contributed by atoms with Crippen LogP contribution in [0.25, 0.3) is 28.1 Å². The van der Waals surface area contributed by atoms with Crippen molar-refractivity contribution in [2.45, 2.75) is 63.9 Å². The fourth-order valence-corrected chi connectivity index (χ4v) is 9.34. The first-order valence-corrected chi connectivity index (χ1v) is 22.1. The van der Waals surface area contributed by atoms with Gasteiger partial charge in [-0.1, -0.05) is 25.1 Å². The summed E-state index contributed by atoms with van der Waals surface area (Å²) in [7, 11) is -3.71. The standard InChI is InChI=1S/C44H47FN8O6S/c1-2-26-60(57,58)50-38-5-3-4-36(41(38)45)37-28-53(49-42(37)29-14-20-46-21-15-29)32-7-9-33(10-8-32)59-34-18-24-52(25-19-34)44(56)30-16-22-51(23-17-30)39-12-6-31(27-47-39)35-11-13-40(54)48-43(35)55/h3-10,12,14-15,20-21,27-28,30,34-35,50H,2,11,13,16-19,22-26H2,1H3,(H,48,54,55)/t35-/m1/s1. The van der Waals surface area contributed by atoms with Crippen molar-refractivity contribution in [1.82, 2.24) is 30.0 Å². The third-order valence-electron chi connectivity index (χ3n) is 11.4. The van der Waals surface area contributed by atoms with Crippen LogP contribution in [0.4, 0.5) is 15.9 Å². The SMILES string of the molecule is CCCS(=O)(=O)Nc1cccc(-c2cn(-c3ccc(OC4CCN(C(=O)C5CCN(c6ccc([C@H]7CCC(=O)NC7=O)cn6)CC5)CC4)cc3)nc2-c2ccncc2)c1F. The smallest absolute Gasteiger partial charge is 0.234 e. The summed E-state index contributed by atoms with van der Waals surface area (Å²) in [6.45, 7) is 4.42. The Morgan fingerprint density at radius 3 is 2.35 bits per heavy atom. The van der Waals surface area contributed by atoms with Gasteiger partial charge in [-0.15, -0.1) is 0 Å². The number of anilines is 2. The largest absolute Gasteiger partial charge is 0.490 e. The molecule has 8 rings (SSSR count). The number of likely N-dealkylation sites (tertiary alicyclic amines) is 1. The maximum Gasteiger partial charge on any atom is 0.234 e. The highest BCUT2D eigenvalue weighted by molar-refractivity contribution is 7.92. The molecule has 1 atom stereocenters. The first-order chi connectivity index (χ1) is 29.0. The van der Waals surface area contributed by atoms with E-state index in [1.54, 1.807) is 60.7 Å². The lowest BCUT2D eigenvalue weighted by Gasteiger charge is -2.37. The minimum atomic E-state index is -3.71. The molecule has 0 unspecified atom stereocenters. The molecule has 3 fully saturated rings. The Bertz CT molecular complexity index is 2450. The monoisotopic (exact) mass is 834 g/mol. The molecule has 3 aliphatic rings. The van der Waals surface area contributed by atoms with Gasteiger partial charge in [-0.25, -0.2) is 22.5 Å². The summed E-state index contributed by atoms with van der Waals surface area (Å²) < 4.78 is 51.4. The summed E-state index contributed by atoms with van der Waals surface area (Å²) in [6, 6.07) is 19.5. The molecule has 3 amide bonds. The molecule has 60 heavy (non-hydrogen) atoms. The lowest BCUT2D eigenvalue weighted by molar-refractivity contribution is -0.138. The number of hydrogen-bond acceptors (Lipinski definition) is 10. The molecule has 2 N–H and O–H groups in total. The van der Waals surface area contributed by atoms with Gasteiger partial charge in [0.2, 0.25) is 27.7 Å². The number of aromatic nitrogens is 4. The number of hydrogen-bond donors (Lipinski definition) is 2. The molecule has 0 bridgehead atoms. The molecule has 0 aliphatic carbocycles. The zero-order valence-electron chi connectivity index (χ0n) is 33.3. The van der Waals surface area contributed by atoms with Crippen LogP contribution < -0.4 is 19.7 Å². The van der Waals surface area contributed by atoms with Gasteiger partial charge in [0.1, 0.15) is 23.4 Å². The summed E-state index contributed by atoms with van der Waals surface area (Å²) in [5.41, 5.74) is 3.31. The minimum absolute atomic E-state index is 0.0458. The van der Waals surface area contributed by atoms with Gasteiger partial charge < -0.3 is 14.5 Å². The van der Waals surface area contributed by atoms with Crippen molar-refractivity contribution in [2.75, 3.05) is 41.6 Å². The molecule has 3 aliphatic heterocycles. The van der Waals surface area contributed by atoms with Crippen LogP contribution in [0, 0.1) is 11.7 Å². The highest BCUT2D eigenvalue weighted by Crippen LogP contribution is 2.36. The maximum absolute atomic E-state index is 16.0. The Kier molecular flexibility index (Phi) is 11.9. The van der Waals surface area contributed by atoms with Crippen LogP contribution in [0.15, 0.2) is 91.5 Å². The number of piperidine rings is 3. The topological polar surface area (TPSA) is 169 Å². The molecular weight excluding hydrogens is 788 g/mol. The van der Waals surface area contributed by atoms with E-state index in [0.29, 0.717) is 75.3 Å². The molecule has 3 saturated heterocycles. The average Bonchev–Trinajstić information content (AvgIpc) is 3.70. The van der Waals surface area contributed by atoms with E-state index in [0.717, 1.165) is 35.5 Å². The second-order valence-electron chi connectivity index (χ2n) is 15.5. The minimum Gasteiger partial charge on any atom is -0.490 e. The van der Waals surface area contributed by atoms with Crippen molar-refractivity contribution in [3.8, 4) is 33.8 Å². The van der Waals surface area contributed by atoms with E-state index >= 15 is 4.39 Å². The van der Waals surface area contributed by atoms with Crippen molar-refractivity contribution in [2.24, 2.45) is 5.92 Å². The van der Waals surface area contributed by atoms with Crippen LogP contribution in [0.1, 0.15) is 63.4 Å². The molecule has 0 saturated carbocycles. The van der Waals surface area contributed by atoms with Crippen molar-refractivity contribution >= 4 is 39.3 Å². The van der Waals surface area contributed by atoms with Crippen LogP contribution in [0.2, 0.25) is 0 Å². The Morgan fingerprint density at radius 1 is 0.917 bits per heavy atom. The number of benzene rings is 2. The van der Waals surface area contributed by atoms with Gasteiger partial charge in [-0.2, -0.15) is 5.10 Å². The number of amides is 3. The van der Waals surface area contributed by atoms with Crippen LogP contribution in [-0.2, 0) is 24.4 Å². The van der Waals surface area contributed by atoms with Crippen molar-refractivity contribution < 1.29 is 31.9 Å². The quantitative estimate of drug-likeness (QED) is 0.140. The molecule has 14 nitrogen and oxygen atoms in total. The fraction of sp³-hybridized carbons (Fsp3) is 0.364. The normalized spacial score (nSPS) is 18.0. The van der Waals surface area contributed by atoms with Crippen LogP contribution in [-0.4, -0.2) is 88.8 Å². The number of carbonyl (C=O) groups excluding carboxylic acids is 3. The highest BCUT2D eigenvalue weighted by atomic mass is 32.2. The molecule has 0 spiro atoms. The zero-order chi connectivity index (χ0) is 41.8. The van der Waals surface area contributed by atoms with Crippen LogP contribution >= 0.6 is 0 Å². The first-order valence-electron chi connectivity index (χ1n) is 20.4. The van der Waals surface area contributed by atoms with E-state index in [4.69, 9.17) is 9.84 Å². The molecule has 0 radical (unpaired) electrons. The van der Waals surface area contributed by atoms with Crippen molar-refractivity contribution in [3.63, 3.8) is 0 Å². The number of carbonyl (C=O) groups is 3. The first kappa shape index (κ1) is 40.6. The molecule has 6 heterocycles. The molecule has 5 aromatic rings. The predicted molar refractivity (Wildman–Crippen MR) is 224 cm³/mol. The second kappa shape index (κ2) is 17.6. The highest BCUT2D eigenvalue weighted by Gasteiger charge is 2.33. The van der Waals surface area contributed by atoms with E-state index in [9.17, 15) is 22.8 Å². The third-order valence-corrected chi connectivity index (χ3v) is 12.9. The van der Waals surface area contributed by atoms with Gasteiger partial charge in [0.25, 0.3) is 0 Å². The van der Waals surface area contributed by atoms with Gasteiger partial charge in [-0.3, -0.25) is 29.4 Å². The van der Waals surface area contributed by atoms with Crippen molar-refractivity contribution in [1.29, 1.82) is 0 Å².